The van der Waals surface area contributed by atoms with E-state index in [1.165, 1.54) is 0 Å². The van der Waals surface area contributed by atoms with E-state index in [2.05, 4.69) is 32.7 Å². The van der Waals surface area contributed by atoms with Crippen LogP contribution in [0.15, 0.2) is 17.1 Å². The van der Waals surface area contributed by atoms with Crippen LogP contribution in [0.5, 0.6) is 0 Å². The molecular formula is C18H30N4O3. The largest absolute Gasteiger partial charge is 0.441 e. The number of hydrogen-bond donors (Lipinski definition) is 2. The lowest BCUT2D eigenvalue weighted by Crippen LogP contribution is -2.40. The Labute approximate surface area is 149 Å². The maximum absolute atomic E-state index is 11.3. The van der Waals surface area contributed by atoms with Gasteiger partial charge in [0.15, 0.2) is 0 Å². The number of nitrogens with one attached hydrogen (secondary N) is 2. The summed E-state index contributed by atoms with van der Waals surface area (Å²) in [6.07, 6.45) is 8.15. The summed E-state index contributed by atoms with van der Waals surface area (Å²) in [7, 11) is 1.84. The van der Waals surface area contributed by atoms with Crippen LogP contribution >= 0.6 is 0 Å². The van der Waals surface area contributed by atoms with Gasteiger partial charge in [-0.05, 0) is 44.2 Å². The second-order valence-corrected chi connectivity index (χ2v) is 7.11. The van der Waals surface area contributed by atoms with Crippen molar-refractivity contribution in [1.82, 2.24) is 15.5 Å². The first-order valence-corrected chi connectivity index (χ1v) is 9.34. The number of alkyl carbamates (subject to hydrolysis) is 1. The maximum atomic E-state index is 11.3. The normalized spacial score (nSPS) is 30.8. The van der Waals surface area contributed by atoms with E-state index in [1.54, 1.807) is 0 Å². The highest BCUT2D eigenvalue weighted by Crippen LogP contribution is 2.36. The van der Waals surface area contributed by atoms with Crippen LogP contribution in [0.2, 0.25) is 0 Å². The van der Waals surface area contributed by atoms with Gasteiger partial charge in [-0.25, -0.2) is 4.79 Å². The van der Waals surface area contributed by atoms with Gasteiger partial charge in [-0.15, -0.1) is 0 Å². The summed E-state index contributed by atoms with van der Waals surface area (Å²) in [5, 5.41) is 6.31. The Morgan fingerprint density at radius 1 is 1.40 bits per heavy atom. The van der Waals surface area contributed by atoms with Gasteiger partial charge in [-0.3, -0.25) is 4.99 Å². The molecular weight excluding hydrogens is 320 g/mol. The second kappa shape index (κ2) is 8.67. The van der Waals surface area contributed by atoms with Crippen molar-refractivity contribution >= 4 is 11.9 Å². The highest BCUT2D eigenvalue weighted by Gasteiger charge is 2.42. The molecule has 25 heavy (non-hydrogen) atoms. The zero-order valence-corrected chi connectivity index (χ0v) is 15.1. The SMILES string of the molecule is CN=C(/C=C\CNCC1CCC2(CC1)CNC(=O)O2)N1CCOCC1. The van der Waals surface area contributed by atoms with E-state index in [0.717, 1.165) is 70.9 Å². The second-order valence-electron chi connectivity index (χ2n) is 7.11. The van der Waals surface area contributed by atoms with Crippen LogP contribution in [-0.4, -0.2) is 75.4 Å². The number of nitrogens with zero attached hydrogens (tertiary/aromatic N) is 2. The van der Waals surface area contributed by atoms with Gasteiger partial charge in [0.1, 0.15) is 11.4 Å². The highest BCUT2D eigenvalue weighted by atomic mass is 16.6. The van der Waals surface area contributed by atoms with Gasteiger partial charge in [-0.2, -0.15) is 0 Å². The number of rotatable bonds is 5. The van der Waals surface area contributed by atoms with Crippen molar-refractivity contribution < 1.29 is 14.3 Å². The monoisotopic (exact) mass is 350 g/mol. The number of morpholine rings is 1. The molecule has 1 spiro atoms. The van der Waals surface area contributed by atoms with E-state index in [9.17, 15) is 4.79 Å². The van der Waals surface area contributed by atoms with E-state index < -0.39 is 0 Å². The third kappa shape index (κ3) is 4.95. The van der Waals surface area contributed by atoms with Crippen molar-refractivity contribution in [2.45, 2.75) is 31.3 Å². The van der Waals surface area contributed by atoms with Gasteiger partial charge in [0.25, 0.3) is 0 Å². The molecule has 7 heteroatoms. The van der Waals surface area contributed by atoms with E-state index >= 15 is 0 Å². The molecule has 140 valence electrons. The summed E-state index contributed by atoms with van der Waals surface area (Å²) in [5.74, 6) is 1.69. The predicted octanol–water partition coefficient (Wildman–Crippen LogP) is 1.16. The quantitative estimate of drug-likeness (QED) is 0.442. The van der Waals surface area contributed by atoms with E-state index in [4.69, 9.17) is 9.47 Å². The summed E-state index contributed by atoms with van der Waals surface area (Å²) < 4.78 is 10.8. The minimum absolute atomic E-state index is 0.224. The fourth-order valence-corrected chi connectivity index (χ4v) is 3.84. The molecule has 2 heterocycles. The number of hydrogen-bond acceptors (Lipinski definition) is 5. The molecule has 0 bridgehead atoms. The number of amidine groups is 1. The zero-order valence-electron chi connectivity index (χ0n) is 15.1. The molecule has 1 amide bonds. The molecule has 3 aliphatic rings. The van der Waals surface area contributed by atoms with Crippen LogP contribution in [-0.2, 0) is 9.47 Å². The summed E-state index contributed by atoms with van der Waals surface area (Å²) in [6.45, 7) is 5.91. The molecule has 2 N–H and O–H groups in total. The minimum Gasteiger partial charge on any atom is -0.441 e. The Morgan fingerprint density at radius 2 is 2.16 bits per heavy atom. The lowest BCUT2D eigenvalue weighted by Gasteiger charge is -2.34. The fraction of sp³-hybridized carbons (Fsp3) is 0.778. The summed E-state index contributed by atoms with van der Waals surface area (Å²) in [6, 6.07) is 0. The van der Waals surface area contributed by atoms with Crippen molar-refractivity contribution in [3.63, 3.8) is 0 Å². The Kier molecular flexibility index (Phi) is 6.31. The lowest BCUT2D eigenvalue weighted by molar-refractivity contribution is 0.0135. The van der Waals surface area contributed by atoms with Gasteiger partial charge in [0.05, 0.1) is 19.8 Å². The molecule has 7 nitrogen and oxygen atoms in total. The molecule has 3 rings (SSSR count). The maximum Gasteiger partial charge on any atom is 0.407 e. The molecule has 3 fully saturated rings. The molecule has 2 aliphatic heterocycles. The summed E-state index contributed by atoms with van der Waals surface area (Å²) in [4.78, 5) is 17.9. The van der Waals surface area contributed by atoms with Crippen molar-refractivity contribution in [1.29, 1.82) is 0 Å². The van der Waals surface area contributed by atoms with Crippen molar-refractivity contribution in [2.75, 3.05) is 53.0 Å². The standard InChI is InChI=1S/C18H30N4O3/c1-19-16(22-9-11-24-12-10-22)3-2-8-20-13-15-4-6-18(7-5-15)14-21-17(23)25-18/h2-3,15,20H,4-14H2,1H3,(H,21,23)/b3-2-,19-16?. The molecule has 0 aromatic carbocycles. The smallest absolute Gasteiger partial charge is 0.407 e. The number of carbonyl (C=O) groups is 1. The molecule has 1 saturated carbocycles. The van der Waals surface area contributed by atoms with Crippen LogP contribution in [0.1, 0.15) is 25.7 Å². The molecule has 0 aromatic heterocycles. The van der Waals surface area contributed by atoms with Crippen LogP contribution < -0.4 is 10.6 Å². The number of aliphatic imine (C=N–C) groups is 1. The van der Waals surface area contributed by atoms with Gasteiger partial charge >= 0.3 is 6.09 Å². The first-order chi connectivity index (χ1) is 12.2. The first kappa shape index (κ1) is 18.2. The topological polar surface area (TPSA) is 75.2 Å². The van der Waals surface area contributed by atoms with Crippen molar-refractivity contribution in [3.05, 3.63) is 12.2 Å². The minimum atomic E-state index is -0.254. The Bertz CT molecular complexity index is 506. The lowest BCUT2D eigenvalue weighted by atomic mass is 9.79. The van der Waals surface area contributed by atoms with Crippen LogP contribution in [0, 0.1) is 5.92 Å². The van der Waals surface area contributed by atoms with Crippen LogP contribution in [0.3, 0.4) is 0 Å². The summed E-state index contributed by atoms with van der Waals surface area (Å²) >= 11 is 0. The van der Waals surface area contributed by atoms with E-state index in [1.807, 2.05) is 7.05 Å². The van der Waals surface area contributed by atoms with E-state index in [0.29, 0.717) is 12.5 Å². The van der Waals surface area contributed by atoms with Gasteiger partial charge in [0, 0.05) is 26.7 Å². The molecule has 0 aromatic rings. The number of amides is 1. The van der Waals surface area contributed by atoms with Crippen molar-refractivity contribution in [3.8, 4) is 0 Å². The number of carbonyl (C=O) groups excluding carboxylic acids is 1. The molecule has 1 aliphatic carbocycles. The van der Waals surface area contributed by atoms with Crippen LogP contribution in [0.4, 0.5) is 4.79 Å². The average molecular weight is 350 g/mol. The Morgan fingerprint density at radius 3 is 2.80 bits per heavy atom. The molecule has 0 atom stereocenters. The zero-order chi connectivity index (χ0) is 17.5. The predicted molar refractivity (Wildman–Crippen MR) is 96.9 cm³/mol. The Hall–Kier alpha value is -1.60. The third-order valence-corrected chi connectivity index (χ3v) is 5.41. The van der Waals surface area contributed by atoms with E-state index in [-0.39, 0.29) is 11.7 Å². The molecule has 0 radical (unpaired) electrons. The molecule has 2 saturated heterocycles. The number of ether oxygens (including phenoxy) is 2. The fourth-order valence-electron chi connectivity index (χ4n) is 3.84. The van der Waals surface area contributed by atoms with Crippen LogP contribution in [0.25, 0.3) is 0 Å². The third-order valence-electron chi connectivity index (χ3n) is 5.41. The van der Waals surface area contributed by atoms with Crippen molar-refractivity contribution in [2.24, 2.45) is 10.9 Å². The highest BCUT2D eigenvalue weighted by molar-refractivity contribution is 5.92. The Balaban J connectivity index is 1.33. The van der Waals surface area contributed by atoms with Gasteiger partial charge in [-0.1, -0.05) is 6.08 Å². The van der Waals surface area contributed by atoms with Gasteiger partial charge < -0.3 is 25.0 Å². The first-order valence-electron chi connectivity index (χ1n) is 9.34. The molecule has 0 unspecified atom stereocenters. The average Bonchev–Trinajstić information content (AvgIpc) is 3.01. The summed E-state index contributed by atoms with van der Waals surface area (Å²) in [5.41, 5.74) is -0.224. The van der Waals surface area contributed by atoms with Gasteiger partial charge in [0.2, 0.25) is 0 Å².